The summed E-state index contributed by atoms with van der Waals surface area (Å²) in [5.41, 5.74) is 0. The SMILES string of the molecule is CCCCC(CC)C(=O)OCC.[NaH]. The normalized spacial score (nSPS) is 11.6. The zero-order valence-corrected chi connectivity index (χ0v) is 8.43. The van der Waals surface area contributed by atoms with Gasteiger partial charge in [0.25, 0.3) is 0 Å². The Morgan fingerprint density at radius 2 is 1.92 bits per heavy atom. The monoisotopic (exact) mass is 196 g/mol. The van der Waals surface area contributed by atoms with E-state index in [-0.39, 0.29) is 41.4 Å². The van der Waals surface area contributed by atoms with Crippen molar-refractivity contribution >= 4 is 35.5 Å². The number of hydrogen-bond donors (Lipinski definition) is 0. The van der Waals surface area contributed by atoms with Crippen molar-refractivity contribution in [2.24, 2.45) is 5.92 Å². The molecule has 13 heavy (non-hydrogen) atoms. The molecule has 0 bridgehead atoms. The van der Waals surface area contributed by atoms with Crippen LogP contribution in [0.3, 0.4) is 0 Å². The molecule has 0 aromatic heterocycles. The number of ether oxygens (including phenoxy) is 1. The number of unbranched alkanes of at least 4 members (excludes halogenated alkanes) is 1. The van der Waals surface area contributed by atoms with E-state index in [0.717, 1.165) is 25.7 Å². The molecule has 0 rings (SSSR count). The molecule has 0 aliphatic heterocycles. The molecular weight excluding hydrogens is 175 g/mol. The quantitative estimate of drug-likeness (QED) is 0.480. The average Bonchev–Trinajstić information content (AvgIpc) is 2.06. The Balaban J connectivity index is 0. The van der Waals surface area contributed by atoms with E-state index in [1.165, 1.54) is 0 Å². The van der Waals surface area contributed by atoms with Gasteiger partial charge in [-0.3, -0.25) is 4.79 Å². The number of carbonyl (C=O) groups is 1. The summed E-state index contributed by atoms with van der Waals surface area (Å²) in [5, 5.41) is 0. The van der Waals surface area contributed by atoms with Crippen molar-refractivity contribution in [3.63, 3.8) is 0 Å². The molecule has 0 fully saturated rings. The van der Waals surface area contributed by atoms with Gasteiger partial charge in [-0.25, -0.2) is 0 Å². The summed E-state index contributed by atoms with van der Waals surface area (Å²) in [5.74, 6) is 0.110. The predicted octanol–water partition coefficient (Wildman–Crippen LogP) is 2.12. The van der Waals surface area contributed by atoms with Crippen LogP contribution in [0.15, 0.2) is 0 Å². The first kappa shape index (κ1) is 15.9. The van der Waals surface area contributed by atoms with Gasteiger partial charge in [-0.1, -0.05) is 26.7 Å². The Morgan fingerprint density at radius 3 is 2.31 bits per heavy atom. The standard InChI is InChI=1S/C10H20O2.Na.H/c1-4-7-8-9(5-2)10(11)12-6-3;;/h9H,4-8H2,1-3H3;;. The Kier molecular flexibility index (Phi) is 12.9. The van der Waals surface area contributed by atoms with Gasteiger partial charge >= 0.3 is 35.5 Å². The first-order chi connectivity index (χ1) is 5.76. The van der Waals surface area contributed by atoms with Crippen molar-refractivity contribution in [3.8, 4) is 0 Å². The van der Waals surface area contributed by atoms with Crippen LogP contribution < -0.4 is 0 Å². The van der Waals surface area contributed by atoms with Crippen LogP contribution in [0.25, 0.3) is 0 Å². The van der Waals surface area contributed by atoms with Crippen LogP contribution in [0.4, 0.5) is 0 Å². The topological polar surface area (TPSA) is 26.3 Å². The van der Waals surface area contributed by atoms with Crippen LogP contribution in [0.2, 0.25) is 0 Å². The molecular formula is C10H21NaO2. The molecule has 0 spiro atoms. The zero-order valence-electron chi connectivity index (χ0n) is 8.43. The number of carbonyl (C=O) groups excluding carboxylic acids is 1. The van der Waals surface area contributed by atoms with E-state index in [2.05, 4.69) is 6.92 Å². The molecule has 0 amide bonds. The Labute approximate surface area is 104 Å². The van der Waals surface area contributed by atoms with Gasteiger partial charge in [0, 0.05) is 0 Å². The Bertz CT molecular complexity index is 126. The zero-order chi connectivity index (χ0) is 9.40. The molecule has 0 aromatic carbocycles. The summed E-state index contributed by atoms with van der Waals surface area (Å²) >= 11 is 0. The van der Waals surface area contributed by atoms with Crippen LogP contribution >= 0.6 is 0 Å². The number of hydrogen-bond acceptors (Lipinski definition) is 2. The Morgan fingerprint density at radius 1 is 1.31 bits per heavy atom. The van der Waals surface area contributed by atoms with E-state index in [4.69, 9.17) is 4.74 Å². The average molecular weight is 196 g/mol. The predicted molar refractivity (Wildman–Crippen MR) is 57.1 cm³/mol. The summed E-state index contributed by atoms with van der Waals surface area (Å²) in [6.07, 6.45) is 4.15. The third-order valence-corrected chi connectivity index (χ3v) is 2.02. The maximum atomic E-state index is 11.3. The van der Waals surface area contributed by atoms with E-state index in [9.17, 15) is 4.79 Å². The summed E-state index contributed by atoms with van der Waals surface area (Å²) in [6, 6.07) is 0. The van der Waals surface area contributed by atoms with Crippen LogP contribution in [0.5, 0.6) is 0 Å². The molecule has 0 saturated heterocycles. The maximum absolute atomic E-state index is 11.3. The van der Waals surface area contributed by atoms with E-state index in [1.807, 2.05) is 13.8 Å². The van der Waals surface area contributed by atoms with Crippen molar-refractivity contribution in [3.05, 3.63) is 0 Å². The fraction of sp³-hybridized carbons (Fsp3) is 0.900. The summed E-state index contributed by atoms with van der Waals surface area (Å²) < 4.78 is 4.95. The first-order valence-electron chi connectivity index (χ1n) is 4.92. The molecule has 3 heteroatoms. The number of rotatable bonds is 6. The van der Waals surface area contributed by atoms with Crippen LogP contribution in [-0.2, 0) is 9.53 Å². The molecule has 0 aromatic rings. The fourth-order valence-electron chi connectivity index (χ4n) is 1.20. The van der Waals surface area contributed by atoms with Gasteiger partial charge in [0.15, 0.2) is 0 Å². The van der Waals surface area contributed by atoms with Crippen LogP contribution in [0.1, 0.15) is 46.5 Å². The molecule has 0 N–H and O–H groups in total. The van der Waals surface area contributed by atoms with Crippen molar-refractivity contribution < 1.29 is 9.53 Å². The van der Waals surface area contributed by atoms with E-state index >= 15 is 0 Å². The van der Waals surface area contributed by atoms with Gasteiger partial charge in [-0.15, -0.1) is 0 Å². The molecule has 0 aliphatic rings. The Hall–Kier alpha value is 0.470. The van der Waals surface area contributed by atoms with E-state index in [0.29, 0.717) is 6.61 Å². The molecule has 74 valence electrons. The first-order valence-corrected chi connectivity index (χ1v) is 4.92. The van der Waals surface area contributed by atoms with Gasteiger partial charge in [-0.2, -0.15) is 0 Å². The number of esters is 1. The van der Waals surface area contributed by atoms with E-state index < -0.39 is 0 Å². The summed E-state index contributed by atoms with van der Waals surface area (Å²) in [6.45, 7) is 6.53. The minimum atomic E-state index is -0.0200. The molecule has 0 heterocycles. The van der Waals surface area contributed by atoms with Crippen LogP contribution in [-0.4, -0.2) is 42.1 Å². The second-order valence-corrected chi connectivity index (χ2v) is 3.00. The summed E-state index contributed by atoms with van der Waals surface area (Å²) in [4.78, 5) is 11.3. The second kappa shape index (κ2) is 10.6. The summed E-state index contributed by atoms with van der Waals surface area (Å²) in [7, 11) is 0. The van der Waals surface area contributed by atoms with Crippen molar-refractivity contribution in [1.82, 2.24) is 0 Å². The second-order valence-electron chi connectivity index (χ2n) is 3.00. The van der Waals surface area contributed by atoms with Gasteiger partial charge in [-0.05, 0) is 19.8 Å². The van der Waals surface area contributed by atoms with Crippen LogP contribution in [0, 0.1) is 5.92 Å². The van der Waals surface area contributed by atoms with Crippen molar-refractivity contribution in [2.45, 2.75) is 46.5 Å². The fourth-order valence-corrected chi connectivity index (χ4v) is 1.20. The van der Waals surface area contributed by atoms with Crippen molar-refractivity contribution in [1.29, 1.82) is 0 Å². The minimum absolute atomic E-state index is 0. The van der Waals surface area contributed by atoms with Gasteiger partial charge < -0.3 is 4.74 Å². The molecule has 0 radical (unpaired) electrons. The third-order valence-electron chi connectivity index (χ3n) is 2.02. The van der Waals surface area contributed by atoms with Gasteiger partial charge in [0.1, 0.15) is 0 Å². The van der Waals surface area contributed by atoms with Gasteiger partial charge in [0.05, 0.1) is 12.5 Å². The molecule has 1 atom stereocenters. The molecule has 0 saturated carbocycles. The van der Waals surface area contributed by atoms with Gasteiger partial charge in [0.2, 0.25) is 0 Å². The molecule has 2 nitrogen and oxygen atoms in total. The van der Waals surface area contributed by atoms with E-state index in [1.54, 1.807) is 0 Å². The third kappa shape index (κ3) is 7.53. The van der Waals surface area contributed by atoms with Crippen molar-refractivity contribution in [2.75, 3.05) is 6.61 Å². The molecule has 0 aliphatic carbocycles. The molecule has 1 unspecified atom stereocenters.